The van der Waals surface area contributed by atoms with Crippen LogP contribution in [0.25, 0.3) is 0 Å². The van der Waals surface area contributed by atoms with Gasteiger partial charge in [-0.15, -0.1) is 8.80 Å². The molecular weight excluding hydrogens is 1220 g/mol. The molecule has 10 rings (SSSR count). The molecular formula is C54H38Br4N4O4S4. The molecule has 0 amide bonds. The predicted octanol–water partition coefficient (Wildman–Crippen LogP) is 15.8. The summed E-state index contributed by atoms with van der Waals surface area (Å²) in [6.07, 6.45) is 0. The lowest BCUT2D eigenvalue weighted by Crippen LogP contribution is -2.54. The highest BCUT2D eigenvalue weighted by atomic mass is 79.9. The number of amidine groups is 2. The number of anilines is 2. The minimum absolute atomic E-state index is 0.0892. The van der Waals surface area contributed by atoms with Crippen LogP contribution in [0.4, 0.5) is 11.4 Å². The summed E-state index contributed by atoms with van der Waals surface area (Å²) >= 11 is 14.1. The predicted molar refractivity (Wildman–Crippen MR) is 299 cm³/mol. The summed E-state index contributed by atoms with van der Waals surface area (Å²) in [6, 6.07) is 64.4. The molecule has 8 aromatic carbocycles. The molecule has 0 N–H and O–H groups in total. The van der Waals surface area contributed by atoms with E-state index in [0.717, 1.165) is 61.3 Å². The molecule has 350 valence electrons. The van der Waals surface area contributed by atoms with Crippen molar-refractivity contribution in [3.63, 3.8) is 0 Å². The van der Waals surface area contributed by atoms with E-state index in [4.69, 9.17) is 0 Å². The lowest BCUT2D eigenvalue weighted by atomic mass is 9.77. The molecule has 2 fully saturated rings. The molecule has 2 saturated heterocycles. The third-order valence-corrected chi connectivity index (χ3v) is 19.3. The largest absolute Gasteiger partial charge is 0.319 e. The molecule has 4 atom stereocenters. The van der Waals surface area contributed by atoms with Gasteiger partial charge in [0.2, 0.25) is 0 Å². The lowest BCUT2D eigenvalue weighted by molar-refractivity contribution is 0.563. The SMILES string of the molecule is O=S(=O)(/N=C1/C(c2ccccc2)C(c2ccc(Br)cc2)N1c1ccccc1SSc1ccccc1N1/C(=N\S(=O)(=O)c2ccc(Br)cc2)C(c2ccccc2)C1c1ccc(Br)cc1)c1ccc(Br)cc1. The maximum absolute atomic E-state index is 14.3. The number of benzene rings is 8. The van der Waals surface area contributed by atoms with Gasteiger partial charge in [-0.25, -0.2) is 0 Å². The van der Waals surface area contributed by atoms with E-state index in [2.05, 4.69) is 96.8 Å². The smallest absolute Gasteiger partial charge is 0.283 e. The zero-order chi connectivity index (χ0) is 48.6. The monoisotopic (exact) mass is 1250 g/mol. The van der Waals surface area contributed by atoms with Crippen LogP contribution < -0.4 is 9.80 Å². The first kappa shape index (κ1) is 48.8. The van der Waals surface area contributed by atoms with Gasteiger partial charge >= 0.3 is 0 Å². The van der Waals surface area contributed by atoms with Crippen molar-refractivity contribution in [2.24, 2.45) is 8.80 Å². The Hall–Kier alpha value is -4.78. The lowest BCUT2D eigenvalue weighted by Gasteiger charge is -2.51. The van der Waals surface area contributed by atoms with Crippen LogP contribution >= 0.6 is 85.3 Å². The number of hydrogen-bond acceptors (Lipinski definition) is 6. The van der Waals surface area contributed by atoms with E-state index in [0.29, 0.717) is 11.7 Å². The van der Waals surface area contributed by atoms with Crippen LogP contribution in [0, 0.1) is 0 Å². The van der Waals surface area contributed by atoms with Gasteiger partial charge in [-0.1, -0.05) is 195 Å². The Morgan fingerprint density at radius 3 is 1.00 bits per heavy atom. The van der Waals surface area contributed by atoms with Gasteiger partial charge in [0.05, 0.1) is 45.1 Å². The van der Waals surface area contributed by atoms with Crippen molar-refractivity contribution in [1.82, 2.24) is 0 Å². The zero-order valence-electron chi connectivity index (χ0n) is 36.5. The Bertz CT molecular complexity index is 3250. The summed E-state index contributed by atoms with van der Waals surface area (Å²) in [4.78, 5) is 6.01. The number of sulfonamides is 2. The first-order valence-electron chi connectivity index (χ1n) is 21.8. The first-order valence-corrected chi connectivity index (χ1v) is 30.0. The molecule has 2 aliphatic rings. The van der Waals surface area contributed by atoms with E-state index in [9.17, 15) is 16.8 Å². The number of halogens is 4. The van der Waals surface area contributed by atoms with Crippen LogP contribution in [-0.2, 0) is 20.0 Å². The van der Waals surface area contributed by atoms with Crippen molar-refractivity contribution in [2.45, 2.75) is 43.5 Å². The molecule has 8 aromatic rings. The Labute approximate surface area is 449 Å². The topological polar surface area (TPSA) is 99.5 Å². The van der Waals surface area contributed by atoms with Gasteiger partial charge in [-0.3, -0.25) is 0 Å². The van der Waals surface area contributed by atoms with Crippen LogP contribution in [-0.4, -0.2) is 28.5 Å². The molecule has 70 heavy (non-hydrogen) atoms. The minimum atomic E-state index is -4.16. The molecule has 2 heterocycles. The van der Waals surface area contributed by atoms with Crippen molar-refractivity contribution < 1.29 is 16.8 Å². The van der Waals surface area contributed by atoms with Crippen molar-refractivity contribution in [3.8, 4) is 0 Å². The number of nitrogens with zero attached hydrogens (tertiary/aromatic N) is 4. The maximum Gasteiger partial charge on any atom is 0.283 e. The van der Waals surface area contributed by atoms with E-state index in [1.165, 1.54) is 21.6 Å². The minimum Gasteiger partial charge on any atom is -0.319 e. The second-order valence-electron chi connectivity index (χ2n) is 16.4. The van der Waals surface area contributed by atoms with Crippen LogP contribution in [0.2, 0.25) is 0 Å². The molecule has 16 heteroatoms. The second-order valence-corrected chi connectivity index (χ2v) is 25.5. The molecule has 0 saturated carbocycles. The van der Waals surface area contributed by atoms with Gasteiger partial charge in [0.25, 0.3) is 20.0 Å². The number of hydrogen-bond donors (Lipinski definition) is 0. The van der Waals surface area contributed by atoms with Crippen LogP contribution in [0.1, 0.15) is 46.2 Å². The summed E-state index contributed by atoms with van der Waals surface area (Å²) in [5.41, 5.74) is 5.42. The Balaban J connectivity index is 1.07. The van der Waals surface area contributed by atoms with Crippen molar-refractivity contribution in [2.75, 3.05) is 9.80 Å². The van der Waals surface area contributed by atoms with E-state index < -0.39 is 31.9 Å². The molecule has 0 bridgehead atoms. The van der Waals surface area contributed by atoms with Crippen LogP contribution in [0.15, 0.2) is 253 Å². The van der Waals surface area contributed by atoms with E-state index in [1.54, 1.807) is 48.5 Å². The van der Waals surface area contributed by atoms with E-state index in [1.807, 2.05) is 143 Å². The van der Waals surface area contributed by atoms with Crippen molar-refractivity contribution in [1.29, 1.82) is 0 Å². The summed E-state index contributed by atoms with van der Waals surface area (Å²) in [5, 5.41) is 0. The fraction of sp³-hybridized carbons (Fsp3) is 0.0741. The summed E-state index contributed by atoms with van der Waals surface area (Å²) in [7, 11) is -5.27. The molecule has 0 aromatic heterocycles. The second kappa shape index (κ2) is 20.7. The summed E-state index contributed by atoms with van der Waals surface area (Å²) in [6.45, 7) is 0. The molecule has 0 radical (unpaired) electrons. The average Bonchev–Trinajstić information content (AvgIpc) is 3.36. The Morgan fingerprint density at radius 1 is 0.357 bits per heavy atom. The molecule has 8 nitrogen and oxygen atoms in total. The fourth-order valence-electron chi connectivity index (χ4n) is 8.84. The highest BCUT2D eigenvalue weighted by Crippen LogP contribution is 2.57. The van der Waals surface area contributed by atoms with Gasteiger partial charge in [0, 0.05) is 27.7 Å². The third-order valence-electron chi connectivity index (χ3n) is 12.1. The van der Waals surface area contributed by atoms with Gasteiger partial charge in [0.1, 0.15) is 11.7 Å². The van der Waals surface area contributed by atoms with Gasteiger partial charge < -0.3 is 9.80 Å². The molecule has 4 unspecified atom stereocenters. The molecule has 0 spiro atoms. The Morgan fingerprint density at radius 2 is 0.657 bits per heavy atom. The van der Waals surface area contributed by atoms with Gasteiger partial charge in [-0.05, 0) is 119 Å². The maximum atomic E-state index is 14.3. The zero-order valence-corrected chi connectivity index (χ0v) is 46.1. The standard InChI is InChI=1S/C54H38Br4N4O4S4/c55-39-23-19-37(20-24-39)51-49(35-11-3-1-4-12-35)53(59-69(63,64)43-31-27-41(57)28-32-43)61(51)45-15-7-9-17-47(45)67-68-48-18-10-8-16-46(48)62-52(38-21-25-40(56)26-22-38)50(36-13-5-2-6-14-36)54(62)60-70(65,66)44-33-29-42(58)30-34-44/h1-34,49-52H/b59-53-,60-54-. The van der Waals surface area contributed by atoms with Gasteiger partial charge in [0.15, 0.2) is 0 Å². The number of para-hydroxylation sites is 2. The third kappa shape index (κ3) is 10.0. The summed E-state index contributed by atoms with van der Waals surface area (Å²) in [5.74, 6) is 0.00583. The highest BCUT2D eigenvalue weighted by Gasteiger charge is 2.51. The Kier molecular flexibility index (Phi) is 14.5. The van der Waals surface area contributed by atoms with E-state index in [-0.39, 0.29) is 21.9 Å². The van der Waals surface area contributed by atoms with Crippen molar-refractivity contribution in [3.05, 3.63) is 246 Å². The van der Waals surface area contributed by atoms with Crippen molar-refractivity contribution >= 4 is 128 Å². The average molecular weight is 1250 g/mol. The quantitative estimate of drug-likeness (QED) is 0.105. The number of rotatable bonds is 13. The first-order chi connectivity index (χ1) is 33.9. The fourth-order valence-corrected chi connectivity index (χ4v) is 14.3. The normalized spacial score (nSPS) is 19.2. The van der Waals surface area contributed by atoms with Crippen LogP contribution in [0.5, 0.6) is 0 Å². The van der Waals surface area contributed by atoms with Gasteiger partial charge in [-0.2, -0.15) is 16.8 Å². The molecule has 2 aliphatic heterocycles. The van der Waals surface area contributed by atoms with Crippen LogP contribution in [0.3, 0.4) is 0 Å². The highest BCUT2D eigenvalue weighted by molar-refractivity contribution is 9.11. The van der Waals surface area contributed by atoms with E-state index >= 15 is 0 Å². The summed E-state index contributed by atoms with van der Waals surface area (Å²) < 4.78 is 69.9. The molecule has 0 aliphatic carbocycles.